The Morgan fingerprint density at radius 1 is 1.41 bits per heavy atom. The van der Waals surface area contributed by atoms with E-state index in [0.717, 1.165) is 6.42 Å². The van der Waals surface area contributed by atoms with Gasteiger partial charge in [0, 0.05) is 5.92 Å². The molecule has 1 aromatic carbocycles. The minimum atomic E-state index is -0.475. The van der Waals surface area contributed by atoms with E-state index in [9.17, 15) is 14.3 Å². The molecule has 1 rings (SSSR count). The fourth-order valence-corrected chi connectivity index (χ4v) is 1.43. The second-order valence-corrected chi connectivity index (χ2v) is 4.10. The molecule has 0 saturated heterocycles. The van der Waals surface area contributed by atoms with Gasteiger partial charge in [0.2, 0.25) is 5.91 Å². The third kappa shape index (κ3) is 3.82. The molecular weight excluding hydrogens is 221 g/mol. The molecule has 94 valence electrons. The van der Waals surface area contributed by atoms with Crippen LogP contribution in [0.3, 0.4) is 0 Å². The second-order valence-electron chi connectivity index (χ2n) is 4.10. The molecule has 1 aromatic rings. The third-order valence-electron chi connectivity index (χ3n) is 2.83. The van der Waals surface area contributed by atoms with Crippen LogP contribution in [0.15, 0.2) is 24.3 Å². The molecule has 0 aliphatic rings. The first-order chi connectivity index (χ1) is 8.08. The van der Waals surface area contributed by atoms with E-state index < -0.39 is 6.04 Å². The summed E-state index contributed by atoms with van der Waals surface area (Å²) in [6.45, 7) is 3.55. The topological polar surface area (TPSA) is 49.3 Å². The van der Waals surface area contributed by atoms with Crippen LogP contribution in [0.2, 0.25) is 0 Å². The number of hydrogen-bond donors (Lipinski definition) is 2. The Hall–Kier alpha value is -1.42. The van der Waals surface area contributed by atoms with Gasteiger partial charge in [-0.05, 0) is 24.1 Å². The van der Waals surface area contributed by atoms with Crippen LogP contribution in [0.25, 0.3) is 0 Å². The van der Waals surface area contributed by atoms with Crippen molar-refractivity contribution in [1.82, 2.24) is 5.32 Å². The molecule has 0 heterocycles. The smallest absolute Gasteiger partial charge is 0.223 e. The van der Waals surface area contributed by atoms with Crippen molar-refractivity contribution < 1.29 is 14.3 Å². The maximum absolute atomic E-state index is 12.7. The quantitative estimate of drug-likeness (QED) is 0.826. The van der Waals surface area contributed by atoms with Crippen molar-refractivity contribution in [3.8, 4) is 0 Å². The number of aliphatic hydroxyl groups excluding tert-OH is 1. The Morgan fingerprint density at radius 3 is 2.47 bits per heavy atom. The van der Waals surface area contributed by atoms with Gasteiger partial charge < -0.3 is 10.4 Å². The molecule has 0 radical (unpaired) electrons. The number of amides is 1. The van der Waals surface area contributed by atoms with Gasteiger partial charge in [-0.2, -0.15) is 0 Å². The molecule has 0 aromatic heterocycles. The summed E-state index contributed by atoms with van der Waals surface area (Å²) in [6.07, 6.45) is 0.743. The Kier molecular flexibility index (Phi) is 5.10. The average molecular weight is 239 g/mol. The zero-order valence-electron chi connectivity index (χ0n) is 10.1. The number of carbonyl (C=O) groups excluding carboxylic acids is 1. The van der Waals surface area contributed by atoms with Gasteiger partial charge in [0.25, 0.3) is 0 Å². The first-order valence-electron chi connectivity index (χ1n) is 5.75. The Bertz CT molecular complexity index is 364. The fourth-order valence-electron chi connectivity index (χ4n) is 1.43. The Balaban J connectivity index is 2.72. The molecule has 1 amide bonds. The summed E-state index contributed by atoms with van der Waals surface area (Å²) in [5.74, 6) is -0.529. The van der Waals surface area contributed by atoms with Crippen molar-refractivity contribution in [3.63, 3.8) is 0 Å². The maximum atomic E-state index is 12.7. The van der Waals surface area contributed by atoms with Gasteiger partial charge in [0.15, 0.2) is 0 Å². The van der Waals surface area contributed by atoms with Crippen molar-refractivity contribution in [3.05, 3.63) is 35.6 Å². The lowest BCUT2D eigenvalue weighted by Gasteiger charge is -2.19. The number of halogens is 1. The zero-order valence-corrected chi connectivity index (χ0v) is 10.1. The van der Waals surface area contributed by atoms with E-state index in [1.54, 1.807) is 12.1 Å². The lowest BCUT2D eigenvalue weighted by atomic mass is 10.0. The molecule has 4 heteroatoms. The second kappa shape index (κ2) is 6.35. The summed E-state index contributed by atoms with van der Waals surface area (Å²) < 4.78 is 12.7. The molecule has 2 N–H and O–H groups in total. The van der Waals surface area contributed by atoms with Crippen LogP contribution in [-0.4, -0.2) is 17.6 Å². The fraction of sp³-hybridized carbons (Fsp3) is 0.462. The standard InChI is InChI=1S/C13H18FNO2/c1-3-9(2)13(17)15-12(8-16)10-4-6-11(14)7-5-10/h4-7,9,12,16H,3,8H2,1-2H3,(H,15,17). The predicted molar refractivity (Wildman–Crippen MR) is 63.8 cm³/mol. The summed E-state index contributed by atoms with van der Waals surface area (Å²) in [6, 6.07) is 5.28. The van der Waals surface area contributed by atoms with Gasteiger partial charge in [0.1, 0.15) is 5.82 Å². The Morgan fingerprint density at radius 2 is 2.00 bits per heavy atom. The lowest BCUT2D eigenvalue weighted by molar-refractivity contribution is -0.125. The van der Waals surface area contributed by atoms with Gasteiger partial charge in [-0.3, -0.25) is 4.79 Å². The zero-order chi connectivity index (χ0) is 12.8. The molecule has 0 spiro atoms. The number of nitrogens with one attached hydrogen (secondary N) is 1. The highest BCUT2D eigenvalue weighted by atomic mass is 19.1. The van der Waals surface area contributed by atoms with Crippen LogP contribution >= 0.6 is 0 Å². The average Bonchev–Trinajstić information content (AvgIpc) is 2.35. The number of carbonyl (C=O) groups is 1. The van der Waals surface area contributed by atoms with Gasteiger partial charge in [0.05, 0.1) is 12.6 Å². The van der Waals surface area contributed by atoms with Gasteiger partial charge in [-0.15, -0.1) is 0 Å². The third-order valence-corrected chi connectivity index (χ3v) is 2.83. The van der Waals surface area contributed by atoms with E-state index in [-0.39, 0.29) is 24.2 Å². The maximum Gasteiger partial charge on any atom is 0.223 e. The molecule has 2 atom stereocenters. The van der Waals surface area contributed by atoms with Gasteiger partial charge in [-0.1, -0.05) is 26.0 Å². The van der Waals surface area contributed by atoms with Crippen molar-refractivity contribution in [2.45, 2.75) is 26.3 Å². The van der Waals surface area contributed by atoms with E-state index >= 15 is 0 Å². The summed E-state index contributed by atoms with van der Waals surface area (Å²) in [7, 11) is 0. The van der Waals surface area contributed by atoms with Crippen molar-refractivity contribution in [1.29, 1.82) is 0 Å². The first-order valence-corrected chi connectivity index (χ1v) is 5.75. The summed E-state index contributed by atoms with van der Waals surface area (Å²) >= 11 is 0. The molecular formula is C13H18FNO2. The monoisotopic (exact) mass is 239 g/mol. The minimum absolute atomic E-state index is 0.0931. The predicted octanol–water partition coefficient (Wildman–Crippen LogP) is 2.02. The molecule has 0 saturated carbocycles. The largest absolute Gasteiger partial charge is 0.394 e. The number of rotatable bonds is 5. The highest BCUT2D eigenvalue weighted by Crippen LogP contribution is 2.14. The summed E-state index contributed by atoms with van der Waals surface area (Å²) in [5.41, 5.74) is 0.700. The molecule has 2 unspecified atom stereocenters. The molecule has 0 aliphatic heterocycles. The van der Waals surface area contributed by atoms with Crippen LogP contribution in [0, 0.1) is 11.7 Å². The van der Waals surface area contributed by atoms with E-state index in [1.165, 1.54) is 12.1 Å². The molecule has 17 heavy (non-hydrogen) atoms. The summed E-state index contributed by atoms with van der Waals surface area (Å²) in [4.78, 5) is 11.7. The van der Waals surface area contributed by atoms with Gasteiger partial charge in [-0.25, -0.2) is 4.39 Å². The van der Waals surface area contributed by atoms with Crippen LogP contribution < -0.4 is 5.32 Å². The highest BCUT2D eigenvalue weighted by Gasteiger charge is 2.17. The van der Waals surface area contributed by atoms with Crippen LogP contribution in [0.4, 0.5) is 4.39 Å². The van der Waals surface area contributed by atoms with Crippen LogP contribution in [0.1, 0.15) is 31.9 Å². The van der Waals surface area contributed by atoms with E-state index in [1.807, 2.05) is 13.8 Å². The SMILES string of the molecule is CCC(C)C(=O)NC(CO)c1ccc(F)cc1. The van der Waals surface area contributed by atoms with Gasteiger partial charge >= 0.3 is 0 Å². The Labute approximate surface area is 101 Å². The molecule has 0 aliphatic carbocycles. The summed E-state index contributed by atoms with van der Waals surface area (Å²) in [5, 5.41) is 12.0. The van der Waals surface area contributed by atoms with Crippen LogP contribution in [-0.2, 0) is 4.79 Å². The number of benzene rings is 1. The minimum Gasteiger partial charge on any atom is -0.394 e. The lowest BCUT2D eigenvalue weighted by Crippen LogP contribution is -2.34. The van der Waals surface area contributed by atoms with Crippen molar-refractivity contribution in [2.75, 3.05) is 6.61 Å². The highest BCUT2D eigenvalue weighted by molar-refractivity contribution is 5.78. The van der Waals surface area contributed by atoms with Crippen LogP contribution in [0.5, 0.6) is 0 Å². The normalized spacial score (nSPS) is 14.1. The first kappa shape index (κ1) is 13.6. The van der Waals surface area contributed by atoms with Crippen molar-refractivity contribution in [2.24, 2.45) is 5.92 Å². The molecule has 0 bridgehead atoms. The van der Waals surface area contributed by atoms with E-state index in [4.69, 9.17) is 0 Å². The molecule has 0 fully saturated rings. The molecule has 3 nitrogen and oxygen atoms in total. The van der Waals surface area contributed by atoms with E-state index in [0.29, 0.717) is 5.56 Å². The number of aliphatic hydroxyl groups is 1. The number of hydrogen-bond acceptors (Lipinski definition) is 2. The van der Waals surface area contributed by atoms with E-state index in [2.05, 4.69) is 5.32 Å². The van der Waals surface area contributed by atoms with Crippen molar-refractivity contribution >= 4 is 5.91 Å².